The number of nitrogen functional groups attached to an aromatic ring is 1. The van der Waals surface area contributed by atoms with Crippen LogP contribution < -0.4 is 10.5 Å². The Bertz CT molecular complexity index is 446. The van der Waals surface area contributed by atoms with Crippen LogP contribution in [0.2, 0.25) is 0 Å². The van der Waals surface area contributed by atoms with E-state index in [0.29, 0.717) is 17.9 Å². The lowest BCUT2D eigenvalue weighted by Gasteiger charge is -2.13. The molecule has 1 aromatic rings. The van der Waals surface area contributed by atoms with Crippen LogP contribution in [-0.2, 0) is 14.3 Å². The molecule has 0 bridgehead atoms. The van der Waals surface area contributed by atoms with E-state index in [4.69, 9.17) is 20.3 Å². The summed E-state index contributed by atoms with van der Waals surface area (Å²) < 4.78 is 9.97. The highest BCUT2D eigenvalue weighted by molar-refractivity contribution is 5.78. The maximum atomic E-state index is 11.4. The number of ether oxygens (including phenoxy) is 2. The van der Waals surface area contributed by atoms with E-state index in [9.17, 15) is 9.59 Å². The van der Waals surface area contributed by atoms with E-state index in [1.807, 2.05) is 6.92 Å². The quantitative estimate of drug-likeness (QED) is 0.573. The first-order valence-corrected chi connectivity index (χ1v) is 5.93. The number of rotatable bonds is 7. The van der Waals surface area contributed by atoms with Crippen molar-refractivity contribution in [2.24, 2.45) is 0 Å². The summed E-state index contributed by atoms with van der Waals surface area (Å²) in [5.74, 6) is -1.44. The molecule has 0 spiro atoms. The van der Waals surface area contributed by atoms with E-state index in [1.54, 1.807) is 24.3 Å². The fourth-order valence-electron chi connectivity index (χ4n) is 1.43. The molecule has 0 radical (unpaired) electrons. The molecule has 6 nitrogen and oxygen atoms in total. The van der Waals surface area contributed by atoms with Crippen LogP contribution in [0.15, 0.2) is 24.3 Å². The predicted octanol–water partition coefficient (Wildman–Crippen LogP) is 1.44. The third kappa shape index (κ3) is 5.29. The third-order valence-electron chi connectivity index (χ3n) is 2.31. The zero-order valence-electron chi connectivity index (χ0n) is 10.7. The molecule has 0 amide bonds. The number of anilines is 1. The number of nitrogens with two attached hydrogens (primary N) is 1. The van der Waals surface area contributed by atoms with Gasteiger partial charge in [0.2, 0.25) is 0 Å². The number of hydrogen-bond donors (Lipinski definition) is 2. The summed E-state index contributed by atoms with van der Waals surface area (Å²) >= 11 is 0. The molecular formula is C13H17NO5. The summed E-state index contributed by atoms with van der Waals surface area (Å²) in [5, 5.41) is 8.84. The molecule has 6 heteroatoms. The largest absolute Gasteiger partial charge is 0.482 e. The van der Waals surface area contributed by atoms with Gasteiger partial charge in [0.05, 0.1) is 0 Å². The van der Waals surface area contributed by atoms with Crippen molar-refractivity contribution in [2.45, 2.75) is 25.9 Å². The van der Waals surface area contributed by atoms with Crippen molar-refractivity contribution in [3.63, 3.8) is 0 Å². The second-order valence-electron chi connectivity index (χ2n) is 3.97. The van der Waals surface area contributed by atoms with E-state index in [2.05, 4.69) is 0 Å². The lowest BCUT2D eigenvalue weighted by Crippen LogP contribution is -2.29. The fourth-order valence-corrected chi connectivity index (χ4v) is 1.43. The molecule has 1 atom stereocenters. The molecule has 0 aromatic heterocycles. The number of esters is 1. The Labute approximate surface area is 111 Å². The van der Waals surface area contributed by atoms with Crippen LogP contribution in [0.3, 0.4) is 0 Å². The first-order valence-electron chi connectivity index (χ1n) is 5.93. The Kier molecular flexibility index (Phi) is 5.66. The lowest BCUT2D eigenvalue weighted by molar-refractivity contribution is -0.165. The van der Waals surface area contributed by atoms with Gasteiger partial charge >= 0.3 is 11.9 Å². The monoisotopic (exact) mass is 267 g/mol. The number of aliphatic carboxylic acids is 1. The summed E-state index contributed by atoms with van der Waals surface area (Å²) in [6.45, 7) is 1.46. The number of carboxylic acids is 1. The van der Waals surface area contributed by atoms with Gasteiger partial charge in [0.25, 0.3) is 0 Å². The van der Waals surface area contributed by atoms with Crippen LogP contribution in [0.4, 0.5) is 5.69 Å². The minimum absolute atomic E-state index is 0.277. The number of carbonyl (C=O) groups excluding carboxylic acids is 1. The summed E-state index contributed by atoms with van der Waals surface area (Å²) in [6.07, 6.45) is -0.235. The van der Waals surface area contributed by atoms with Crippen LogP contribution in [0.1, 0.15) is 19.8 Å². The second kappa shape index (κ2) is 7.25. The Hall–Kier alpha value is -2.24. The van der Waals surface area contributed by atoms with Crippen LogP contribution >= 0.6 is 0 Å². The molecule has 1 aromatic carbocycles. The van der Waals surface area contributed by atoms with Crippen molar-refractivity contribution in [3.05, 3.63) is 24.3 Å². The van der Waals surface area contributed by atoms with E-state index >= 15 is 0 Å². The van der Waals surface area contributed by atoms with Crippen molar-refractivity contribution in [2.75, 3.05) is 12.3 Å². The van der Waals surface area contributed by atoms with Crippen molar-refractivity contribution in [1.82, 2.24) is 0 Å². The van der Waals surface area contributed by atoms with Gasteiger partial charge in [-0.25, -0.2) is 9.59 Å². The predicted molar refractivity (Wildman–Crippen MR) is 68.8 cm³/mol. The Morgan fingerprint density at radius 2 is 2.16 bits per heavy atom. The Morgan fingerprint density at radius 3 is 2.74 bits per heavy atom. The minimum atomic E-state index is -1.15. The van der Waals surface area contributed by atoms with E-state index in [-0.39, 0.29) is 13.0 Å². The van der Waals surface area contributed by atoms with Gasteiger partial charge in [-0.05, 0) is 18.6 Å². The van der Waals surface area contributed by atoms with Gasteiger partial charge in [-0.3, -0.25) is 0 Å². The van der Waals surface area contributed by atoms with Gasteiger partial charge in [0.15, 0.2) is 12.7 Å². The van der Waals surface area contributed by atoms with Crippen LogP contribution in [0.5, 0.6) is 5.75 Å². The van der Waals surface area contributed by atoms with Crippen molar-refractivity contribution in [3.8, 4) is 5.75 Å². The van der Waals surface area contributed by atoms with Gasteiger partial charge in [0, 0.05) is 11.8 Å². The standard InChI is InChI=1S/C13H17NO5/c1-2-4-11(13(16)17)19-12(15)8-18-10-6-3-5-9(14)7-10/h3,5-7,11H,2,4,8,14H2,1H3,(H,16,17). The molecule has 1 unspecified atom stereocenters. The fraction of sp³-hybridized carbons (Fsp3) is 0.385. The average molecular weight is 267 g/mol. The number of carboxylic acid groups (broad SMARTS) is 1. The molecule has 0 fully saturated rings. The highest BCUT2D eigenvalue weighted by Crippen LogP contribution is 2.14. The molecule has 0 saturated heterocycles. The van der Waals surface area contributed by atoms with E-state index in [0.717, 1.165) is 0 Å². The van der Waals surface area contributed by atoms with Gasteiger partial charge in [0.1, 0.15) is 5.75 Å². The zero-order chi connectivity index (χ0) is 14.3. The third-order valence-corrected chi connectivity index (χ3v) is 2.31. The van der Waals surface area contributed by atoms with Gasteiger partial charge < -0.3 is 20.3 Å². The van der Waals surface area contributed by atoms with E-state index < -0.39 is 18.0 Å². The smallest absolute Gasteiger partial charge is 0.345 e. The number of benzene rings is 1. The van der Waals surface area contributed by atoms with Crippen LogP contribution in [0, 0.1) is 0 Å². The molecule has 0 aliphatic rings. The SMILES string of the molecule is CCCC(OC(=O)COc1cccc(N)c1)C(=O)O. The topological polar surface area (TPSA) is 98.9 Å². The molecule has 19 heavy (non-hydrogen) atoms. The lowest BCUT2D eigenvalue weighted by atomic mass is 10.2. The highest BCUT2D eigenvalue weighted by atomic mass is 16.6. The molecule has 0 aliphatic carbocycles. The summed E-state index contributed by atoms with van der Waals surface area (Å²) in [7, 11) is 0. The summed E-state index contributed by atoms with van der Waals surface area (Å²) in [4.78, 5) is 22.3. The second-order valence-corrected chi connectivity index (χ2v) is 3.97. The number of hydrogen-bond acceptors (Lipinski definition) is 5. The molecule has 0 saturated carbocycles. The molecule has 0 heterocycles. The van der Waals surface area contributed by atoms with E-state index in [1.165, 1.54) is 0 Å². The molecule has 1 rings (SSSR count). The molecular weight excluding hydrogens is 250 g/mol. The molecule has 3 N–H and O–H groups in total. The molecule has 0 aliphatic heterocycles. The van der Waals surface area contributed by atoms with Crippen LogP contribution in [-0.4, -0.2) is 29.8 Å². The summed E-state index contributed by atoms with van der Waals surface area (Å²) in [5.41, 5.74) is 6.07. The van der Waals surface area contributed by atoms with Crippen molar-refractivity contribution in [1.29, 1.82) is 0 Å². The molecule has 104 valence electrons. The van der Waals surface area contributed by atoms with Crippen LogP contribution in [0.25, 0.3) is 0 Å². The minimum Gasteiger partial charge on any atom is -0.482 e. The number of carbonyl (C=O) groups is 2. The first kappa shape index (κ1) is 14.8. The average Bonchev–Trinajstić information content (AvgIpc) is 2.36. The van der Waals surface area contributed by atoms with Gasteiger partial charge in [-0.15, -0.1) is 0 Å². The van der Waals surface area contributed by atoms with Gasteiger partial charge in [-0.1, -0.05) is 19.4 Å². The maximum absolute atomic E-state index is 11.4. The first-order chi connectivity index (χ1) is 9.02. The maximum Gasteiger partial charge on any atom is 0.345 e. The zero-order valence-corrected chi connectivity index (χ0v) is 10.7. The van der Waals surface area contributed by atoms with Gasteiger partial charge in [-0.2, -0.15) is 0 Å². The highest BCUT2D eigenvalue weighted by Gasteiger charge is 2.21. The van der Waals surface area contributed by atoms with Crippen molar-refractivity contribution < 1.29 is 24.2 Å². The van der Waals surface area contributed by atoms with Crippen molar-refractivity contribution >= 4 is 17.6 Å². The Balaban J connectivity index is 2.44. The normalized spacial score (nSPS) is 11.6. The Morgan fingerprint density at radius 1 is 1.42 bits per heavy atom. The summed E-state index contributed by atoms with van der Waals surface area (Å²) in [6, 6.07) is 6.58.